The summed E-state index contributed by atoms with van der Waals surface area (Å²) >= 11 is 8.58. The van der Waals surface area contributed by atoms with Gasteiger partial charge < -0.3 is 0 Å². The van der Waals surface area contributed by atoms with Gasteiger partial charge in [-0.05, 0) is 66.3 Å². The number of alkyl halides is 3. The summed E-state index contributed by atoms with van der Waals surface area (Å²) in [5.41, 5.74) is 0.160. The molecule has 0 aliphatic heterocycles. The third-order valence-electron chi connectivity index (χ3n) is 1.91. The lowest BCUT2D eigenvalue weighted by molar-refractivity contribution is -0.387. The van der Waals surface area contributed by atoms with Gasteiger partial charge in [-0.3, -0.25) is 10.1 Å². The van der Waals surface area contributed by atoms with E-state index in [2.05, 4.69) is 47.8 Å². The number of hydrogen-bond donors (Lipinski definition) is 0. The summed E-state index contributed by atoms with van der Waals surface area (Å²) in [6.45, 7) is 1.65. The minimum Gasteiger partial charge on any atom is -0.258 e. The molecule has 0 N–H and O–H groups in total. The monoisotopic (exact) mass is 449 g/mol. The van der Waals surface area contributed by atoms with Gasteiger partial charge in [-0.2, -0.15) is 0 Å². The number of nitro groups is 1. The molecule has 17 heavy (non-hydrogen) atoms. The van der Waals surface area contributed by atoms with Crippen LogP contribution in [0.5, 0.6) is 0 Å². The molecule has 0 radical (unpaired) electrons. The maximum absolute atomic E-state index is 12.0. The van der Waals surface area contributed by atoms with Crippen molar-refractivity contribution in [3.8, 4) is 0 Å². The first-order valence-electron chi connectivity index (χ1n) is 4.14. The highest BCUT2D eigenvalue weighted by molar-refractivity contribution is 9.42. The lowest BCUT2D eigenvalue weighted by atomic mass is 10.2. The van der Waals surface area contributed by atoms with E-state index in [9.17, 15) is 18.5 Å². The summed E-state index contributed by atoms with van der Waals surface area (Å²) in [5, 5.41) is 10.8. The van der Waals surface area contributed by atoms with E-state index < -0.39 is 21.9 Å². The second kappa shape index (κ2) is 4.94. The van der Waals surface area contributed by atoms with Crippen LogP contribution in [0.25, 0.3) is 0 Å². The Balaban J connectivity index is 3.59. The molecule has 0 aliphatic carbocycles. The van der Waals surface area contributed by atoms with Gasteiger partial charge in [0.25, 0.3) is 5.69 Å². The van der Waals surface area contributed by atoms with Gasteiger partial charge in [0.05, 0.1) is 4.92 Å². The van der Waals surface area contributed by atoms with Crippen molar-refractivity contribution in [2.75, 3.05) is 0 Å². The van der Waals surface area contributed by atoms with Gasteiger partial charge in [-0.1, -0.05) is 6.07 Å². The number of halogens is 3. The number of hydrogen-bond acceptors (Lipinski definition) is 4. The molecule has 0 unspecified atom stereocenters. The van der Waals surface area contributed by atoms with Crippen LogP contribution in [-0.4, -0.2) is 14.8 Å². The molecule has 0 spiro atoms. The normalized spacial score (nSPS) is 12.5. The van der Waals surface area contributed by atoms with Crippen LogP contribution >= 0.6 is 47.8 Å². The lowest BCUT2D eigenvalue weighted by Crippen LogP contribution is -2.19. The van der Waals surface area contributed by atoms with E-state index in [4.69, 9.17) is 0 Å². The van der Waals surface area contributed by atoms with Gasteiger partial charge in [0, 0.05) is 6.07 Å². The number of sulfone groups is 1. The standard InChI is InChI=1S/C8H6Br3NO4S/c1-5-2-3-7(6(4-5)12(13)14)17(15,16)8(9,10)11/h2-4H,1H3. The van der Waals surface area contributed by atoms with E-state index in [1.54, 1.807) is 6.92 Å². The van der Waals surface area contributed by atoms with E-state index in [0.717, 1.165) is 0 Å². The molecule has 0 aliphatic rings. The first kappa shape index (κ1) is 15.1. The van der Waals surface area contributed by atoms with Crippen LogP contribution in [0.4, 0.5) is 5.69 Å². The van der Waals surface area contributed by atoms with Crippen LogP contribution in [0, 0.1) is 17.0 Å². The molecule has 0 saturated heterocycles. The maximum atomic E-state index is 12.0. The number of benzene rings is 1. The smallest absolute Gasteiger partial charge is 0.258 e. The molecule has 0 aromatic heterocycles. The predicted octanol–water partition coefficient (Wildman–Crippen LogP) is 3.47. The van der Waals surface area contributed by atoms with Gasteiger partial charge in [0.2, 0.25) is 11.3 Å². The maximum Gasteiger partial charge on any atom is 0.288 e. The average Bonchev–Trinajstić information content (AvgIpc) is 2.15. The SMILES string of the molecule is Cc1ccc(S(=O)(=O)C(Br)(Br)Br)c([N+](=O)[O-])c1. The van der Waals surface area contributed by atoms with Gasteiger partial charge in [0.15, 0.2) is 0 Å². The summed E-state index contributed by atoms with van der Waals surface area (Å²) in [6, 6.07) is 3.92. The lowest BCUT2D eigenvalue weighted by Gasteiger charge is -2.13. The highest BCUT2D eigenvalue weighted by atomic mass is 80.0. The largest absolute Gasteiger partial charge is 0.288 e. The second-order valence-electron chi connectivity index (χ2n) is 3.18. The summed E-state index contributed by atoms with van der Waals surface area (Å²) in [4.78, 5) is 9.76. The summed E-state index contributed by atoms with van der Waals surface area (Å²) in [5.74, 6) is 0. The quantitative estimate of drug-likeness (QED) is 0.392. The van der Waals surface area contributed by atoms with Crippen molar-refractivity contribution in [3.05, 3.63) is 33.9 Å². The van der Waals surface area contributed by atoms with E-state index >= 15 is 0 Å². The molecular formula is C8H6Br3NO4S. The third-order valence-corrected chi connectivity index (χ3v) is 7.27. The summed E-state index contributed by atoms with van der Waals surface area (Å²) in [6.07, 6.45) is 0. The first-order chi connectivity index (χ1) is 7.57. The fraction of sp³-hybridized carbons (Fsp3) is 0.250. The topological polar surface area (TPSA) is 77.3 Å². The van der Waals surface area contributed by atoms with E-state index in [-0.39, 0.29) is 4.90 Å². The van der Waals surface area contributed by atoms with Gasteiger partial charge in [-0.15, -0.1) is 0 Å². The number of nitrogens with zero attached hydrogens (tertiary/aromatic N) is 1. The molecule has 0 saturated carbocycles. The number of rotatable bonds is 2. The zero-order valence-corrected chi connectivity index (χ0v) is 13.9. The van der Waals surface area contributed by atoms with Crippen LogP contribution in [0.3, 0.4) is 0 Å². The zero-order chi connectivity index (χ0) is 13.4. The fourth-order valence-corrected chi connectivity index (χ4v) is 3.60. The van der Waals surface area contributed by atoms with Crippen LogP contribution in [-0.2, 0) is 9.84 Å². The molecule has 0 fully saturated rings. The fourth-order valence-electron chi connectivity index (χ4n) is 1.12. The van der Waals surface area contributed by atoms with E-state index in [1.807, 2.05) is 0 Å². The molecule has 1 rings (SSSR count). The van der Waals surface area contributed by atoms with Crippen LogP contribution in [0.2, 0.25) is 0 Å². The molecule has 0 amide bonds. The predicted molar refractivity (Wildman–Crippen MR) is 74.5 cm³/mol. The molecule has 5 nitrogen and oxygen atoms in total. The number of aryl methyl sites for hydroxylation is 1. The van der Waals surface area contributed by atoms with Gasteiger partial charge in [-0.25, -0.2) is 8.42 Å². The van der Waals surface area contributed by atoms with E-state index in [0.29, 0.717) is 5.56 Å². The zero-order valence-electron chi connectivity index (χ0n) is 8.35. The summed E-state index contributed by atoms with van der Waals surface area (Å²) < 4.78 is 22.5. The third kappa shape index (κ3) is 3.07. The Bertz CT molecular complexity index is 565. The Morgan fingerprint density at radius 2 is 1.82 bits per heavy atom. The second-order valence-corrected chi connectivity index (χ2v) is 13.6. The molecule has 94 valence electrons. The van der Waals surface area contributed by atoms with Crippen molar-refractivity contribution >= 4 is 63.3 Å². The van der Waals surface area contributed by atoms with Crippen molar-refractivity contribution in [2.45, 2.75) is 13.3 Å². The van der Waals surface area contributed by atoms with Crippen molar-refractivity contribution in [2.24, 2.45) is 0 Å². The number of nitro benzene ring substituents is 1. The van der Waals surface area contributed by atoms with Crippen molar-refractivity contribution in [1.29, 1.82) is 0 Å². The van der Waals surface area contributed by atoms with Crippen molar-refractivity contribution in [1.82, 2.24) is 0 Å². The molecule has 9 heteroatoms. The molecule has 0 atom stereocenters. The Morgan fingerprint density at radius 3 is 2.24 bits per heavy atom. The highest BCUT2D eigenvalue weighted by Gasteiger charge is 2.41. The van der Waals surface area contributed by atoms with Gasteiger partial charge >= 0.3 is 0 Å². The minimum absolute atomic E-state index is 0.362. The van der Waals surface area contributed by atoms with E-state index in [1.165, 1.54) is 18.2 Å². The minimum atomic E-state index is -3.96. The Labute approximate surface area is 123 Å². The van der Waals surface area contributed by atoms with Crippen LogP contribution in [0.1, 0.15) is 5.56 Å². The van der Waals surface area contributed by atoms with Crippen LogP contribution < -0.4 is 0 Å². The summed E-state index contributed by atoms with van der Waals surface area (Å²) in [7, 11) is -3.96. The highest BCUT2D eigenvalue weighted by Crippen LogP contribution is 2.45. The Hall–Kier alpha value is 0.01000. The Kier molecular flexibility index (Phi) is 4.38. The molecule has 1 aromatic carbocycles. The molecular weight excluding hydrogens is 446 g/mol. The van der Waals surface area contributed by atoms with Crippen LogP contribution in [0.15, 0.2) is 23.1 Å². The van der Waals surface area contributed by atoms with Crippen molar-refractivity contribution < 1.29 is 13.3 Å². The van der Waals surface area contributed by atoms with Crippen molar-refractivity contribution in [3.63, 3.8) is 0 Å². The first-order valence-corrected chi connectivity index (χ1v) is 8.00. The molecule has 1 aromatic rings. The molecule has 0 bridgehead atoms. The Morgan fingerprint density at radius 1 is 1.29 bits per heavy atom. The average molecular weight is 452 g/mol. The molecule has 0 heterocycles. The van der Waals surface area contributed by atoms with Gasteiger partial charge in [0.1, 0.15) is 4.90 Å².